The number of oxime groups is 1. The van der Waals surface area contributed by atoms with Crippen molar-refractivity contribution in [2.75, 3.05) is 0 Å². The van der Waals surface area contributed by atoms with Crippen LogP contribution in [0, 0.1) is 0 Å². The topological polar surface area (TPSA) is 52.3 Å². The molecule has 0 N–H and O–H groups in total. The van der Waals surface area contributed by atoms with Gasteiger partial charge in [0.25, 0.3) is 0 Å². The number of rotatable bonds is 6. The van der Waals surface area contributed by atoms with Gasteiger partial charge in [-0.1, -0.05) is 28.4 Å². The second-order valence-electron chi connectivity index (χ2n) is 5.14. The number of nitrogens with zero attached hydrogens (tertiary/aromatic N) is 4. The van der Waals surface area contributed by atoms with Crippen molar-refractivity contribution in [3.63, 3.8) is 0 Å². The minimum absolute atomic E-state index is 0.256. The standard InChI is InChI=1S/C17H13BrCl2N4O/c18-12-1-3-14(22-8-12)10-25-23-17(9-24-6-5-21-11-24)15-4-2-13(19)7-16(15)20/h1-8,11H,9-10H2. The maximum atomic E-state index is 6.31. The molecule has 0 aliphatic carbocycles. The van der Waals surface area contributed by atoms with Crippen molar-refractivity contribution >= 4 is 44.8 Å². The van der Waals surface area contributed by atoms with Gasteiger partial charge < -0.3 is 9.40 Å². The largest absolute Gasteiger partial charge is 0.389 e. The minimum Gasteiger partial charge on any atom is -0.389 e. The molecule has 8 heteroatoms. The highest BCUT2D eigenvalue weighted by Gasteiger charge is 2.11. The van der Waals surface area contributed by atoms with Crippen molar-refractivity contribution in [3.8, 4) is 0 Å². The van der Waals surface area contributed by atoms with E-state index in [1.165, 1.54) is 0 Å². The lowest BCUT2D eigenvalue weighted by Gasteiger charge is -2.10. The lowest BCUT2D eigenvalue weighted by Crippen LogP contribution is -2.12. The van der Waals surface area contributed by atoms with Crippen molar-refractivity contribution in [3.05, 3.63) is 81.0 Å². The summed E-state index contributed by atoms with van der Waals surface area (Å²) >= 11 is 15.6. The molecule has 0 amide bonds. The predicted molar refractivity (Wildman–Crippen MR) is 102 cm³/mol. The van der Waals surface area contributed by atoms with Crippen molar-refractivity contribution in [1.29, 1.82) is 0 Å². The van der Waals surface area contributed by atoms with Crippen molar-refractivity contribution < 1.29 is 4.84 Å². The first-order valence-corrected chi connectivity index (χ1v) is 8.87. The third-order valence-electron chi connectivity index (χ3n) is 3.31. The second-order valence-corrected chi connectivity index (χ2v) is 6.90. The molecular formula is C17H13BrCl2N4O. The fourth-order valence-corrected chi connectivity index (χ4v) is 2.86. The van der Waals surface area contributed by atoms with Gasteiger partial charge in [0.05, 0.1) is 23.6 Å². The van der Waals surface area contributed by atoms with E-state index >= 15 is 0 Å². The van der Waals surface area contributed by atoms with E-state index in [9.17, 15) is 0 Å². The number of hydrogen-bond donors (Lipinski definition) is 0. The summed E-state index contributed by atoms with van der Waals surface area (Å²) in [5, 5.41) is 5.34. The first-order chi connectivity index (χ1) is 12.1. The molecule has 0 saturated carbocycles. The van der Waals surface area contributed by atoms with Crippen LogP contribution in [0.4, 0.5) is 0 Å². The smallest absolute Gasteiger partial charge is 0.159 e. The predicted octanol–water partition coefficient (Wildman–Crippen LogP) is 4.97. The zero-order chi connectivity index (χ0) is 17.6. The van der Waals surface area contributed by atoms with Crippen LogP contribution in [0.2, 0.25) is 10.0 Å². The molecular weight excluding hydrogens is 427 g/mol. The first-order valence-electron chi connectivity index (χ1n) is 7.32. The maximum absolute atomic E-state index is 6.31. The molecule has 128 valence electrons. The summed E-state index contributed by atoms with van der Waals surface area (Å²) in [6.07, 6.45) is 6.96. The van der Waals surface area contributed by atoms with Crippen molar-refractivity contribution in [1.82, 2.24) is 14.5 Å². The van der Waals surface area contributed by atoms with E-state index in [-0.39, 0.29) is 6.61 Å². The Morgan fingerprint density at radius 2 is 2.12 bits per heavy atom. The molecule has 3 rings (SSSR count). The Kier molecular flexibility index (Phi) is 6.07. The summed E-state index contributed by atoms with van der Waals surface area (Å²) in [5.41, 5.74) is 2.19. The SMILES string of the molecule is Clc1ccc(C(Cn2ccnc2)=NOCc2ccc(Br)cn2)c(Cl)c1. The zero-order valence-corrected chi connectivity index (χ0v) is 16.0. The quantitative estimate of drug-likeness (QED) is 0.402. The number of benzene rings is 1. The number of imidazole rings is 1. The van der Waals surface area contributed by atoms with Gasteiger partial charge in [-0.3, -0.25) is 4.98 Å². The van der Waals surface area contributed by atoms with Crippen molar-refractivity contribution in [2.45, 2.75) is 13.2 Å². The Hall–Kier alpha value is -1.89. The normalized spacial score (nSPS) is 11.6. The second kappa shape index (κ2) is 8.47. The highest BCUT2D eigenvalue weighted by Crippen LogP contribution is 2.22. The molecule has 2 aromatic heterocycles. The summed E-state index contributed by atoms with van der Waals surface area (Å²) in [6.45, 7) is 0.723. The minimum atomic E-state index is 0.256. The van der Waals surface area contributed by atoms with Gasteiger partial charge in [0.1, 0.15) is 5.71 Å². The van der Waals surface area contributed by atoms with E-state index in [1.54, 1.807) is 30.9 Å². The van der Waals surface area contributed by atoms with Gasteiger partial charge in [-0.05, 0) is 46.3 Å². The average molecular weight is 440 g/mol. The first kappa shape index (κ1) is 17.9. The Balaban J connectivity index is 1.81. The van der Waals surface area contributed by atoms with Gasteiger partial charge in [-0.15, -0.1) is 0 Å². The van der Waals surface area contributed by atoms with E-state index in [0.29, 0.717) is 22.3 Å². The molecule has 0 bridgehead atoms. The number of halogens is 3. The van der Waals surface area contributed by atoms with Gasteiger partial charge in [0.2, 0.25) is 0 Å². The molecule has 0 saturated heterocycles. The lowest BCUT2D eigenvalue weighted by atomic mass is 10.1. The molecule has 0 aliphatic rings. The highest BCUT2D eigenvalue weighted by molar-refractivity contribution is 9.10. The van der Waals surface area contributed by atoms with Crippen LogP contribution in [0.3, 0.4) is 0 Å². The molecule has 2 heterocycles. The molecule has 0 spiro atoms. The third-order valence-corrected chi connectivity index (χ3v) is 4.33. The Morgan fingerprint density at radius 3 is 2.80 bits per heavy atom. The summed E-state index contributed by atoms with van der Waals surface area (Å²) in [6, 6.07) is 9.03. The summed E-state index contributed by atoms with van der Waals surface area (Å²) in [5.74, 6) is 0. The molecule has 1 aromatic carbocycles. The van der Waals surface area contributed by atoms with Crippen LogP contribution in [-0.4, -0.2) is 20.2 Å². The van der Waals surface area contributed by atoms with Gasteiger partial charge in [0.15, 0.2) is 6.61 Å². The van der Waals surface area contributed by atoms with Crippen LogP contribution in [0.1, 0.15) is 11.3 Å². The molecule has 0 fully saturated rings. The highest BCUT2D eigenvalue weighted by atomic mass is 79.9. The van der Waals surface area contributed by atoms with E-state index in [2.05, 4.69) is 31.1 Å². The van der Waals surface area contributed by atoms with E-state index in [4.69, 9.17) is 28.0 Å². The molecule has 5 nitrogen and oxygen atoms in total. The van der Waals surface area contributed by atoms with E-state index in [1.807, 2.05) is 29.0 Å². The molecule has 3 aromatic rings. The number of aromatic nitrogens is 3. The van der Waals surface area contributed by atoms with Crippen LogP contribution in [0.25, 0.3) is 0 Å². The summed E-state index contributed by atoms with van der Waals surface area (Å²) in [4.78, 5) is 13.8. The Morgan fingerprint density at radius 1 is 1.24 bits per heavy atom. The fourth-order valence-electron chi connectivity index (χ4n) is 2.11. The Bertz CT molecular complexity index is 867. The molecule has 0 radical (unpaired) electrons. The molecule has 0 unspecified atom stereocenters. The van der Waals surface area contributed by atoms with Crippen LogP contribution in [0.5, 0.6) is 0 Å². The van der Waals surface area contributed by atoms with Crippen LogP contribution in [-0.2, 0) is 18.0 Å². The van der Waals surface area contributed by atoms with E-state index in [0.717, 1.165) is 15.7 Å². The lowest BCUT2D eigenvalue weighted by molar-refractivity contribution is 0.127. The summed E-state index contributed by atoms with van der Waals surface area (Å²) < 4.78 is 2.79. The molecule has 25 heavy (non-hydrogen) atoms. The van der Waals surface area contributed by atoms with Gasteiger partial charge in [-0.25, -0.2) is 4.98 Å². The van der Waals surface area contributed by atoms with Crippen LogP contribution >= 0.6 is 39.1 Å². The maximum Gasteiger partial charge on any atom is 0.159 e. The third kappa shape index (κ3) is 5.04. The summed E-state index contributed by atoms with van der Waals surface area (Å²) in [7, 11) is 0. The monoisotopic (exact) mass is 438 g/mol. The van der Waals surface area contributed by atoms with E-state index < -0.39 is 0 Å². The number of hydrogen-bond acceptors (Lipinski definition) is 4. The van der Waals surface area contributed by atoms with Crippen LogP contribution < -0.4 is 0 Å². The average Bonchev–Trinajstić information content (AvgIpc) is 3.09. The molecule has 0 atom stereocenters. The van der Waals surface area contributed by atoms with Gasteiger partial charge in [-0.2, -0.15) is 0 Å². The van der Waals surface area contributed by atoms with Gasteiger partial charge >= 0.3 is 0 Å². The fraction of sp³-hybridized carbons (Fsp3) is 0.118. The Labute approximate surface area is 163 Å². The molecule has 0 aliphatic heterocycles. The van der Waals surface area contributed by atoms with Crippen molar-refractivity contribution in [2.24, 2.45) is 5.16 Å². The van der Waals surface area contributed by atoms with Crippen LogP contribution in [0.15, 0.2) is 64.9 Å². The zero-order valence-electron chi connectivity index (χ0n) is 12.9. The van der Waals surface area contributed by atoms with Gasteiger partial charge in [0, 0.05) is 33.6 Å². The number of pyridine rings is 1.